The van der Waals surface area contributed by atoms with E-state index in [4.69, 9.17) is 4.74 Å². The van der Waals surface area contributed by atoms with Crippen LogP contribution in [0.4, 0.5) is 0 Å². The maximum atomic E-state index is 9.39. The Hall–Kier alpha value is -1.07. The van der Waals surface area contributed by atoms with Crippen molar-refractivity contribution >= 4 is 21.4 Å². The molecule has 0 spiro atoms. The Morgan fingerprint density at radius 3 is 3.07 bits per heavy atom. The number of pyridine rings is 1. The molecule has 0 aliphatic carbocycles. The minimum absolute atomic E-state index is 0.228. The van der Waals surface area contributed by atoms with Crippen LogP contribution in [0.5, 0.6) is 5.75 Å². The van der Waals surface area contributed by atoms with Gasteiger partial charge in [0.05, 0.1) is 18.3 Å². The number of hydrogen-bond acceptors (Lipinski definition) is 3. The Bertz CT molecular complexity index is 481. The van der Waals surface area contributed by atoms with Crippen LogP contribution in [-0.4, -0.2) is 28.2 Å². The van der Waals surface area contributed by atoms with E-state index in [0.717, 1.165) is 15.9 Å². The third-order valence-corrected chi connectivity index (χ3v) is 2.76. The van der Waals surface area contributed by atoms with Crippen LogP contribution in [0.3, 0.4) is 0 Å². The van der Waals surface area contributed by atoms with E-state index in [0.29, 0.717) is 13.0 Å². The smallest absolute Gasteiger partial charge is 0.132 e. The quantitative estimate of drug-likeness (QED) is 0.928. The summed E-state index contributed by atoms with van der Waals surface area (Å²) < 4.78 is 7.65. The first-order valence-corrected chi connectivity index (χ1v) is 5.36. The topological polar surface area (TPSA) is 46.8 Å². The lowest BCUT2D eigenvalue weighted by atomic mass is 10.4. The third-order valence-electron chi connectivity index (χ3n) is 2.18. The molecule has 2 aromatic rings. The molecule has 0 bridgehead atoms. The van der Waals surface area contributed by atoms with Crippen molar-refractivity contribution in [3.8, 4) is 5.75 Å². The van der Waals surface area contributed by atoms with Gasteiger partial charge >= 0.3 is 0 Å². The lowest BCUT2D eigenvalue weighted by molar-refractivity contribution is 0.200. The summed E-state index contributed by atoms with van der Waals surface area (Å²) in [5.74, 6) is 1.10. The molecule has 2 aromatic heterocycles. The molecule has 1 N–H and O–H groups in total. The number of fused-ring (bicyclic) bond motifs is 1. The van der Waals surface area contributed by atoms with E-state index in [1.165, 1.54) is 0 Å². The van der Waals surface area contributed by atoms with Gasteiger partial charge in [0.2, 0.25) is 0 Å². The molecular weight excluding hydrogens is 260 g/mol. The number of aromatic hydroxyl groups is 1. The normalized spacial score (nSPS) is 11.1. The highest BCUT2D eigenvalue weighted by Gasteiger charge is 2.08. The average molecular weight is 271 g/mol. The van der Waals surface area contributed by atoms with E-state index in [2.05, 4.69) is 20.9 Å². The van der Waals surface area contributed by atoms with E-state index >= 15 is 0 Å². The summed E-state index contributed by atoms with van der Waals surface area (Å²) in [5.41, 5.74) is 0.943. The minimum Gasteiger partial charge on any atom is -0.506 e. The zero-order chi connectivity index (χ0) is 10.8. The van der Waals surface area contributed by atoms with E-state index in [-0.39, 0.29) is 5.75 Å². The molecule has 0 atom stereocenters. The maximum absolute atomic E-state index is 9.39. The van der Waals surface area contributed by atoms with Crippen molar-refractivity contribution in [3.63, 3.8) is 0 Å². The number of methoxy groups -OCH3 is 1. The molecular formula is C10H11BrN2O2. The summed E-state index contributed by atoms with van der Waals surface area (Å²) in [4.78, 5) is 4.36. The maximum Gasteiger partial charge on any atom is 0.132 e. The molecule has 0 fully saturated rings. The first-order chi connectivity index (χ1) is 7.22. The van der Waals surface area contributed by atoms with Crippen molar-refractivity contribution in [3.05, 3.63) is 28.8 Å². The number of aromatic nitrogens is 2. The molecule has 2 heterocycles. The summed E-state index contributed by atoms with van der Waals surface area (Å²) in [6.07, 6.45) is 2.37. The number of ether oxygens (including phenoxy) is 1. The fourth-order valence-electron chi connectivity index (χ4n) is 1.47. The van der Waals surface area contributed by atoms with Crippen molar-refractivity contribution in [1.82, 2.24) is 9.38 Å². The number of rotatable bonds is 3. The second kappa shape index (κ2) is 4.20. The van der Waals surface area contributed by atoms with Crippen molar-refractivity contribution < 1.29 is 9.84 Å². The first kappa shape index (κ1) is 10.4. The van der Waals surface area contributed by atoms with Gasteiger partial charge in [0.25, 0.3) is 0 Å². The largest absolute Gasteiger partial charge is 0.506 e. The Morgan fingerprint density at radius 2 is 2.33 bits per heavy atom. The van der Waals surface area contributed by atoms with E-state index < -0.39 is 0 Å². The number of halogens is 1. The van der Waals surface area contributed by atoms with Crippen LogP contribution in [-0.2, 0) is 11.2 Å². The monoisotopic (exact) mass is 270 g/mol. The number of nitrogens with zero attached hydrogens (tertiary/aromatic N) is 2. The van der Waals surface area contributed by atoms with Gasteiger partial charge in [0, 0.05) is 13.5 Å². The Balaban J connectivity index is 2.49. The lowest BCUT2D eigenvalue weighted by Crippen LogP contribution is -2.00. The Kier molecular flexibility index (Phi) is 2.93. The third kappa shape index (κ3) is 1.98. The molecule has 0 saturated carbocycles. The van der Waals surface area contributed by atoms with Crippen molar-refractivity contribution in [2.45, 2.75) is 6.42 Å². The van der Waals surface area contributed by atoms with Crippen molar-refractivity contribution in [1.29, 1.82) is 0 Å². The molecule has 0 radical (unpaired) electrons. The zero-order valence-electron chi connectivity index (χ0n) is 8.27. The van der Waals surface area contributed by atoms with Gasteiger partial charge in [-0.3, -0.25) is 4.40 Å². The van der Waals surface area contributed by atoms with Crippen molar-refractivity contribution in [2.24, 2.45) is 0 Å². The lowest BCUT2D eigenvalue weighted by Gasteiger charge is -2.00. The first-order valence-electron chi connectivity index (χ1n) is 4.57. The van der Waals surface area contributed by atoms with Crippen LogP contribution in [0, 0.1) is 0 Å². The second-order valence-corrected chi connectivity index (χ2v) is 3.96. The second-order valence-electron chi connectivity index (χ2n) is 3.20. The predicted molar refractivity (Wildman–Crippen MR) is 60.1 cm³/mol. The SMILES string of the molecule is COCCc1nc(Br)c2ccc(O)cn12. The molecule has 2 rings (SSSR count). The summed E-state index contributed by atoms with van der Waals surface area (Å²) in [6.45, 7) is 0.612. The number of imidazole rings is 1. The highest BCUT2D eigenvalue weighted by molar-refractivity contribution is 9.10. The minimum atomic E-state index is 0.228. The Labute approximate surface area is 95.6 Å². The highest BCUT2D eigenvalue weighted by Crippen LogP contribution is 2.21. The standard InChI is InChI=1S/C10H11BrN2O2/c1-15-5-4-9-12-10(11)8-3-2-7(14)6-13(8)9/h2-3,6,14H,4-5H2,1H3. The summed E-state index contributed by atoms with van der Waals surface area (Å²) in [6, 6.07) is 3.46. The van der Waals surface area contributed by atoms with E-state index in [1.807, 2.05) is 10.5 Å². The summed E-state index contributed by atoms with van der Waals surface area (Å²) >= 11 is 3.38. The van der Waals surface area contributed by atoms with Crippen LogP contribution in [0.1, 0.15) is 5.82 Å². The summed E-state index contributed by atoms with van der Waals surface area (Å²) in [5, 5.41) is 9.39. The molecule has 0 amide bonds. The van der Waals surface area contributed by atoms with Crippen LogP contribution in [0.25, 0.3) is 5.52 Å². The molecule has 0 aromatic carbocycles. The predicted octanol–water partition coefficient (Wildman–Crippen LogP) is 1.99. The van der Waals surface area contributed by atoms with Gasteiger partial charge < -0.3 is 9.84 Å². The van der Waals surface area contributed by atoms with Gasteiger partial charge in [-0.25, -0.2) is 4.98 Å². The van der Waals surface area contributed by atoms with Crippen LogP contribution in [0.2, 0.25) is 0 Å². The fraction of sp³-hybridized carbons (Fsp3) is 0.300. The number of hydrogen-bond donors (Lipinski definition) is 1. The molecule has 0 aliphatic rings. The Morgan fingerprint density at radius 1 is 1.53 bits per heavy atom. The fourth-order valence-corrected chi connectivity index (χ4v) is 1.99. The van der Waals surface area contributed by atoms with Crippen molar-refractivity contribution in [2.75, 3.05) is 13.7 Å². The van der Waals surface area contributed by atoms with E-state index in [9.17, 15) is 5.11 Å². The molecule has 0 aliphatic heterocycles. The van der Waals surface area contributed by atoms with Crippen LogP contribution in [0.15, 0.2) is 22.9 Å². The van der Waals surface area contributed by atoms with Gasteiger partial charge in [0.15, 0.2) is 0 Å². The average Bonchev–Trinajstić information content (AvgIpc) is 2.52. The zero-order valence-corrected chi connectivity index (χ0v) is 9.86. The molecule has 0 unspecified atom stereocenters. The van der Waals surface area contributed by atoms with Gasteiger partial charge in [-0.2, -0.15) is 0 Å². The van der Waals surface area contributed by atoms with Gasteiger partial charge in [-0.1, -0.05) is 0 Å². The molecule has 0 saturated heterocycles. The van der Waals surface area contributed by atoms with Gasteiger partial charge in [-0.15, -0.1) is 0 Å². The molecule has 15 heavy (non-hydrogen) atoms. The van der Waals surface area contributed by atoms with Crippen LogP contribution >= 0.6 is 15.9 Å². The van der Waals surface area contributed by atoms with Crippen LogP contribution < -0.4 is 0 Å². The highest BCUT2D eigenvalue weighted by atomic mass is 79.9. The van der Waals surface area contributed by atoms with Gasteiger partial charge in [0.1, 0.15) is 16.2 Å². The molecule has 80 valence electrons. The molecule has 4 nitrogen and oxygen atoms in total. The van der Waals surface area contributed by atoms with E-state index in [1.54, 1.807) is 19.4 Å². The molecule has 5 heteroatoms. The van der Waals surface area contributed by atoms with Gasteiger partial charge in [-0.05, 0) is 28.1 Å². The summed E-state index contributed by atoms with van der Waals surface area (Å²) in [7, 11) is 1.66.